The maximum Gasteiger partial charge on any atom is 0.223 e. The fourth-order valence-corrected chi connectivity index (χ4v) is 1.43. The van der Waals surface area contributed by atoms with E-state index >= 15 is 0 Å². The van der Waals surface area contributed by atoms with Gasteiger partial charge < -0.3 is 4.74 Å². The second-order valence-electron chi connectivity index (χ2n) is 3.19. The molecule has 3 nitrogen and oxygen atoms in total. The first kappa shape index (κ1) is 11.2. The van der Waals surface area contributed by atoms with Gasteiger partial charge in [-0.2, -0.15) is 0 Å². The number of halogens is 2. The van der Waals surface area contributed by atoms with Crippen molar-refractivity contribution in [3.05, 3.63) is 46.3 Å². The number of aromatic nitrogens is 2. The summed E-state index contributed by atoms with van der Waals surface area (Å²) in [6, 6.07) is 6.92. The second kappa shape index (κ2) is 4.68. The van der Waals surface area contributed by atoms with Gasteiger partial charge in [-0.15, -0.1) is 0 Å². The number of hydrogen-bond acceptors (Lipinski definition) is 3. The van der Waals surface area contributed by atoms with E-state index in [-0.39, 0.29) is 0 Å². The van der Waals surface area contributed by atoms with E-state index in [1.807, 2.05) is 13.0 Å². The first-order valence-corrected chi connectivity index (χ1v) is 5.32. The van der Waals surface area contributed by atoms with Crippen LogP contribution in [0.5, 0.6) is 11.6 Å². The highest BCUT2D eigenvalue weighted by atomic mass is 35.5. The monoisotopic (exact) mass is 254 g/mol. The minimum Gasteiger partial charge on any atom is -0.439 e. The van der Waals surface area contributed by atoms with Crippen molar-refractivity contribution in [1.29, 1.82) is 0 Å². The molecule has 5 heteroatoms. The Bertz CT molecular complexity index is 517. The molecule has 0 fully saturated rings. The predicted molar refractivity (Wildman–Crippen MR) is 63.3 cm³/mol. The fraction of sp³-hybridized carbons (Fsp3) is 0.0909. The molecule has 0 N–H and O–H groups in total. The van der Waals surface area contributed by atoms with Crippen LogP contribution in [0, 0.1) is 6.92 Å². The third-order valence-electron chi connectivity index (χ3n) is 1.96. The number of nitrogens with zero attached hydrogens (tertiary/aromatic N) is 2. The standard InChI is InChI=1S/C11H8Cl2N2O/c1-7-4-8(2-3-9(7)12)16-11-5-10(13)14-6-15-11/h2-6H,1H3. The van der Waals surface area contributed by atoms with Gasteiger partial charge in [0.1, 0.15) is 17.2 Å². The van der Waals surface area contributed by atoms with Crippen LogP contribution in [0.4, 0.5) is 0 Å². The Balaban J connectivity index is 2.24. The average molecular weight is 255 g/mol. The average Bonchev–Trinajstić information content (AvgIpc) is 2.24. The van der Waals surface area contributed by atoms with E-state index in [9.17, 15) is 0 Å². The maximum atomic E-state index is 5.91. The molecule has 82 valence electrons. The molecule has 0 aliphatic rings. The van der Waals surface area contributed by atoms with Gasteiger partial charge in [-0.05, 0) is 30.7 Å². The lowest BCUT2D eigenvalue weighted by atomic mass is 10.2. The van der Waals surface area contributed by atoms with E-state index < -0.39 is 0 Å². The number of hydrogen-bond donors (Lipinski definition) is 0. The topological polar surface area (TPSA) is 35.0 Å². The van der Waals surface area contributed by atoms with Gasteiger partial charge in [0.2, 0.25) is 5.88 Å². The lowest BCUT2D eigenvalue weighted by Gasteiger charge is -2.05. The summed E-state index contributed by atoms with van der Waals surface area (Å²) in [5.74, 6) is 1.07. The molecule has 0 spiro atoms. The molecule has 0 aliphatic heterocycles. The van der Waals surface area contributed by atoms with Crippen molar-refractivity contribution in [1.82, 2.24) is 9.97 Å². The lowest BCUT2D eigenvalue weighted by molar-refractivity contribution is 0.461. The van der Waals surface area contributed by atoms with Crippen LogP contribution in [0.15, 0.2) is 30.6 Å². The van der Waals surface area contributed by atoms with Crippen molar-refractivity contribution in [3.63, 3.8) is 0 Å². The van der Waals surface area contributed by atoms with E-state index in [1.54, 1.807) is 18.2 Å². The molecule has 0 saturated carbocycles. The smallest absolute Gasteiger partial charge is 0.223 e. The molecule has 0 unspecified atom stereocenters. The number of ether oxygens (including phenoxy) is 1. The van der Waals surface area contributed by atoms with Crippen molar-refractivity contribution >= 4 is 23.2 Å². The van der Waals surface area contributed by atoms with E-state index in [1.165, 1.54) is 6.33 Å². The molecule has 0 aliphatic carbocycles. The third-order valence-corrected chi connectivity index (χ3v) is 2.59. The third kappa shape index (κ3) is 2.62. The summed E-state index contributed by atoms with van der Waals surface area (Å²) < 4.78 is 5.50. The maximum absolute atomic E-state index is 5.91. The van der Waals surface area contributed by atoms with Crippen LogP contribution in [0.25, 0.3) is 0 Å². The molecule has 0 saturated heterocycles. The zero-order valence-corrected chi connectivity index (χ0v) is 9.96. The highest BCUT2D eigenvalue weighted by Crippen LogP contribution is 2.25. The Hall–Kier alpha value is -1.32. The van der Waals surface area contributed by atoms with Crippen molar-refractivity contribution in [2.75, 3.05) is 0 Å². The summed E-state index contributed by atoms with van der Waals surface area (Å²) in [4.78, 5) is 7.70. The normalized spacial score (nSPS) is 10.2. The van der Waals surface area contributed by atoms with Crippen molar-refractivity contribution in [2.45, 2.75) is 6.92 Å². The molecular weight excluding hydrogens is 247 g/mol. The molecule has 1 aromatic carbocycles. The van der Waals surface area contributed by atoms with Crippen LogP contribution in [-0.2, 0) is 0 Å². The molecule has 0 bridgehead atoms. The largest absolute Gasteiger partial charge is 0.439 e. The van der Waals surface area contributed by atoms with Crippen molar-refractivity contribution in [2.24, 2.45) is 0 Å². The van der Waals surface area contributed by atoms with Gasteiger partial charge in [-0.25, -0.2) is 9.97 Å². The Labute approximate surface area is 103 Å². The van der Waals surface area contributed by atoms with Gasteiger partial charge in [0.15, 0.2) is 0 Å². The van der Waals surface area contributed by atoms with Gasteiger partial charge >= 0.3 is 0 Å². The van der Waals surface area contributed by atoms with Gasteiger partial charge in [0, 0.05) is 11.1 Å². The van der Waals surface area contributed by atoms with Crippen LogP contribution < -0.4 is 4.74 Å². The predicted octanol–water partition coefficient (Wildman–Crippen LogP) is 3.88. The molecule has 1 aromatic heterocycles. The van der Waals surface area contributed by atoms with Gasteiger partial charge in [0.05, 0.1) is 0 Å². The summed E-state index contributed by atoms with van der Waals surface area (Å²) in [7, 11) is 0. The van der Waals surface area contributed by atoms with E-state index in [2.05, 4.69) is 9.97 Å². The number of rotatable bonds is 2. The second-order valence-corrected chi connectivity index (χ2v) is 3.99. The molecular formula is C11H8Cl2N2O. The highest BCUT2D eigenvalue weighted by molar-refractivity contribution is 6.31. The minimum atomic E-state index is 0.343. The van der Waals surface area contributed by atoms with Gasteiger partial charge in [-0.3, -0.25) is 0 Å². The minimum absolute atomic E-state index is 0.343. The molecule has 16 heavy (non-hydrogen) atoms. The molecule has 0 amide bonds. The van der Waals surface area contributed by atoms with E-state index in [4.69, 9.17) is 27.9 Å². The summed E-state index contributed by atoms with van der Waals surface area (Å²) in [6.45, 7) is 1.90. The van der Waals surface area contributed by atoms with E-state index in [0.29, 0.717) is 21.8 Å². The van der Waals surface area contributed by atoms with Crippen LogP contribution in [0.2, 0.25) is 10.2 Å². The first-order valence-electron chi connectivity index (χ1n) is 4.57. The summed E-state index contributed by atoms with van der Waals surface area (Å²) in [6.07, 6.45) is 1.35. The summed E-state index contributed by atoms with van der Waals surface area (Å²) in [5, 5.41) is 1.05. The van der Waals surface area contributed by atoms with E-state index in [0.717, 1.165) is 5.56 Å². The Morgan fingerprint density at radius 1 is 1.12 bits per heavy atom. The van der Waals surface area contributed by atoms with Gasteiger partial charge in [0.25, 0.3) is 0 Å². The number of benzene rings is 1. The van der Waals surface area contributed by atoms with Gasteiger partial charge in [-0.1, -0.05) is 23.2 Å². The molecule has 0 radical (unpaired) electrons. The SMILES string of the molecule is Cc1cc(Oc2cc(Cl)ncn2)ccc1Cl. The van der Waals surface area contributed by atoms with Crippen molar-refractivity contribution in [3.8, 4) is 11.6 Å². The Kier molecular flexibility index (Phi) is 3.27. The molecule has 2 rings (SSSR count). The zero-order valence-electron chi connectivity index (χ0n) is 8.45. The lowest BCUT2D eigenvalue weighted by Crippen LogP contribution is -1.89. The summed E-state index contributed by atoms with van der Waals surface area (Å²) >= 11 is 11.6. The Morgan fingerprint density at radius 2 is 1.94 bits per heavy atom. The quantitative estimate of drug-likeness (QED) is 0.763. The summed E-state index contributed by atoms with van der Waals surface area (Å²) in [5.41, 5.74) is 0.944. The first-order chi connectivity index (χ1) is 7.65. The Morgan fingerprint density at radius 3 is 2.62 bits per heavy atom. The van der Waals surface area contributed by atoms with Crippen LogP contribution in [0.3, 0.4) is 0 Å². The molecule has 0 atom stereocenters. The fourth-order valence-electron chi connectivity index (χ4n) is 1.17. The number of aryl methyl sites for hydroxylation is 1. The van der Waals surface area contributed by atoms with Crippen LogP contribution in [0.1, 0.15) is 5.56 Å². The zero-order chi connectivity index (χ0) is 11.5. The highest BCUT2D eigenvalue weighted by Gasteiger charge is 2.02. The van der Waals surface area contributed by atoms with Crippen molar-refractivity contribution < 1.29 is 4.74 Å². The van der Waals surface area contributed by atoms with Crippen LogP contribution in [-0.4, -0.2) is 9.97 Å². The molecule has 2 aromatic rings. The van der Waals surface area contributed by atoms with Crippen LogP contribution >= 0.6 is 23.2 Å². The molecule has 1 heterocycles.